The Bertz CT molecular complexity index is 972. The summed E-state index contributed by atoms with van der Waals surface area (Å²) in [7, 11) is 0. The van der Waals surface area contributed by atoms with Gasteiger partial charge in [0.1, 0.15) is 0 Å². The maximum Gasteiger partial charge on any atom is 0.235 e. The fourth-order valence-electron chi connectivity index (χ4n) is 4.20. The fraction of sp³-hybridized carbons (Fsp3) is 0.333. The van der Waals surface area contributed by atoms with E-state index in [0.717, 1.165) is 62.6 Å². The molecule has 2 aromatic carbocycles. The molecule has 1 aliphatic carbocycles. The van der Waals surface area contributed by atoms with Gasteiger partial charge in [-0.15, -0.1) is 0 Å². The summed E-state index contributed by atoms with van der Waals surface area (Å²) in [5.41, 5.74) is 2.62. The van der Waals surface area contributed by atoms with E-state index in [1.807, 2.05) is 47.4 Å². The van der Waals surface area contributed by atoms with E-state index in [0.29, 0.717) is 0 Å². The molecule has 2 aliphatic rings. The fourth-order valence-corrected chi connectivity index (χ4v) is 4.20. The van der Waals surface area contributed by atoms with Crippen LogP contribution in [0, 0.1) is 0 Å². The molecule has 1 amide bonds. The predicted octanol–water partition coefficient (Wildman–Crippen LogP) is 3.72. The third-order valence-electron chi connectivity index (χ3n) is 6.13. The second-order valence-electron chi connectivity index (χ2n) is 8.08. The summed E-state index contributed by atoms with van der Waals surface area (Å²) in [6.45, 7) is 4.31. The minimum absolute atomic E-state index is 0.213. The Balaban J connectivity index is 1.24. The number of carbonyl (C=O) groups excluding carboxylic acids is 1. The third kappa shape index (κ3) is 3.58. The first-order valence-electron chi connectivity index (χ1n) is 10.3. The van der Waals surface area contributed by atoms with Gasteiger partial charge in [0, 0.05) is 44.4 Å². The van der Waals surface area contributed by atoms with E-state index in [9.17, 15) is 4.79 Å². The Labute approximate surface area is 170 Å². The second kappa shape index (κ2) is 7.48. The summed E-state index contributed by atoms with van der Waals surface area (Å²) in [5.74, 6) is 0.942. The molecule has 0 bridgehead atoms. The van der Waals surface area contributed by atoms with Crippen LogP contribution in [0.4, 0.5) is 0 Å². The molecule has 1 saturated heterocycles. The van der Waals surface area contributed by atoms with Crippen molar-refractivity contribution in [3.05, 3.63) is 78.0 Å². The average molecular weight is 387 g/mol. The monoisotopic (exact) mass is 387 g/mol. The Kier molecular flexibility index (Phi) is 4.68. The summed E-state index contributed by atoms with van der Waals surface area (Å²) in [5, 5.41) is 4.28. The highest BCUT2D eigenvalue weighted by atomic mass is 16.5. The van der Waals surface area contributed by atoms with Crippen molar-refractivity contribution >= 4 is 5.91 Å². The highest BCUT2D eigenvalue weighted by molar-refractivity contribution is 5.91. The van der Waals surface area contributed by atoms with E-state index in [2.05, 4.69) is 34.3 Å². The van der Waals surface area contributed by atoms with Gasteiger partial charge in [0.25, 0.3) is 0 Å². The zero-order valence-corrected chi connectivity index (χ0v) is 16.5. The lowest BCUT2D eigenvalue weighted by Crippen LogP contribution is -2.51. The molecular weight excluding hydrogens is 362 g/mol. The standard InChI is InChI=1S/C24H25N3O2/c28-23(27-15-13-26(14-16-27)18-19-7-3-1-4-8-19)24(11-12-24)22-17-21(29-25-22)20-9-5-2-6-10-20/h1-10,17H,11-16,18H2. The maximum absolute atomic E-state index is 13.3. The average Bonchev–Trinajstić information content (AvgIpc) is 3.44. The van der Waals surface area contributed by atoms with E-state index in [-0.39, 0.29) is 5.91 Å². The van der Waals surface area contributed by atoms with Crippen molar-refractivity contribution in [2.45, 2.75) is 24.8 Å². The van der Waals surface area contributed by atoms with Gasteiger partial charge in [-0.2, -0.15) is 0 Å². The van der Waals surface area contributed by atoms with Gasteiger partial charge in [-0.1, -0.05) is 65.8 Å². The molecule has 0 atom stereocenters. The number of rotatable bonds is 5. The number of aromatic nitrogens is 1. The molecule has 2 heterocycles. The summed E-state index contributed by atoms with van der Waals surface area (Å²) in [6.07, 6.45) is 1.72. The number of hydrogen-bond acceptors (Lipinski definition) is 4. The lowest BCUT2D eigenvalue weighted by atomic mass is 9.99. The van der Waals surface area contributed by atoms with Crippen molar-refractivity contribution in [2.24, 2.45) is 0 Å². The molecule has 148 valence electrons. The number of hydrogen-bond donors (Lipinski definition) is 0. The predicted molar refractivity (Wildman–Crippen MR) is 111 cm³/mol. The molecule has 0 spiro atoms. The van der Waals surface area contributed by atoms with Crippen LogP contribution < -0.4 is 0 Å². The van der Waals surface area contributed by atoms with Crippen molar-refractivity contribution in [1.29, 1.82) is 0 Å². The normalized spacial score (nSPS) is 18.6. The molecule has 0 N–H and O–H groups in total. The summed E-state index contributed by atoms with van der Waals surface area (Å²) < 4.78 is 5.57. The quantitative estimate of drug-likeness (QED) is 0.670. The molecule has 5 heteroatoms. The molecule has 0 unspecified atom stereocenters. The highest BCUT2D eigenvalue weighted by Crippen LogP contribution is 2.49. The Morgan fingerprint density at radius 3 is 2.24 bits per heavy atom. The van der Waals surface area contributed by atoms with Crippen molar-refractivity contribution in [1.82, 2.24) is 15.0 Å². The van der Waals surface area contributed by atoms with Gasteiger partial charge < -0.3 is 9.42 Å². The molecule has 29 heavy (non-hydrogen) atoms. The van der Waals surface area contributed by atoms with Gasteiger partial charge >= 0.3 is 0 Å². The molecule has 5 nitrogen and oxygen atoms in total. The molecule has 2 fully saturated rings. The van der Waals surface area contributed by atoms with Gasteiger partial charge in [0.2, 0.25) is 5.91 Å². The number of nitrogens with zero attached hydrogens (tertiary/aromatic N) is 3. The number of piperazine rings is 1. The van der Waals surface area contributed by atoms with Gasteiger partial charge in [-0.05, 0) is 18.4 Å². The van der Waals surface area contributed by atoms with Crippen LogP contribution in [0.2, 0.25) is 0 Å². The first-order valence-corrected chi connectivity index (χ1v) is 10.3. The zero-order valence-electron chi connectivity index (χ0n) is 16.5. The molecular formula is C24H25N3O2. The topological polar surface area (TPSA) is 49.6 Å². The summed E-state index contributed by atoms with van der Waals surface area (Å²) >= 11 is 0. The second-order valence-corrected chi connectivity index (χ2v) is 8.08. The van der Waals surface area contributed by atoms with Crippen molar-refractivity contribution in [3.63, 3.8) is 0 Å². The van der Waals surface area contributed by atoms with Crippen LogP contribution in [-0.4, -0.2) is 47.0 Å². The van der Waals surface area contributed by atoms with Gasteiger partial charge in [-0.25, -0.2) is 0 Å². The van der Waals surface area contributed by atoms with Crippen molar-refractivity contribution in [3.8, 4) is 11.3 Å². The summed E-state index contributed by atoms with van der Waals surface area (Å²) in [4.78, 5) is 17.8. The van der Waals surface area contributed by atoms with Gasteiger partial charge in [0.15, 0.2) is 5.76 Å². The Morgan fingerprint density at radius 1 is 0.931 bits per heavy atom. The Morgan fingerprint density at radius 2 is 1.59 bits per heavy atom. The van der Waals surface area contributed by atoms with Crippen LogP contribution in [0.1, 0.15) is 24.1 Å². The van der Waals surface area contributed by atoms with Crippen molar-refractivity contribution in [2.75, 3.05) is 26.2 Å². The van der Waals surface area contributed by atoms with Crippen LogP contribution >= 0.6 is 0 Å². The third-order valence-corrected chi connectivity index (χ3v) is 6.13. The zero-order chi connectivity index (χ0) is 19.7. The highest BCUT2D eigenvalue weighted by Gasteiger charge is 2.55. The molecule has 1 aliphatic heterocycles. The first kappa shape index (κ1) is 18.1. The van der Waals surface area contributed by atoms with E-state index >= 15 is 0 Å². The van der Waals surface area contributed by atoms with Crippen LogP contribution in [0.25, 0.3) is 11.3 Å². The van der Waals surface area contributed by atoms with Crippen LogP contribution in [0.15, 0.2) is 71.3 Å². The van der Waals surface area contributed by atoms with E-state index in [1.54, 1.807) is 0 Å². The van der Waals surface area contributed by atoms with Crippen LogP contribution in [0.5, 0.6) is 0 Å². The number of benzene rings is 2. The number of carbonyl (C=O) groups is 1. The lowest BCUT2D eigenvalue weighted by molar-refractivity contribution is -0.136. The minimum Gasteiger partial charge on any atom is -0.356 e. The van der Waals surface area contributed by atoms with Gasteiger partial charge in [0.05, 0.1) is 11.1 Å². The van der Waals surface area contributed by atoms with Crippen LogP contribution in [0.3, 0.4) is 0 Å². The summed E-state index contributed by atoms with van der Waals surface area (Å²) in [6, 6.07) is 22.4. The minimum atomic E-state index is -0.474. The van der Waals surface area contributed by atoms with Crippen LogP contribution in [-0.2, 0) is 16.8 Å². The van der Waals surface area contributed by atoms with E-state index in [1.165, 1.54) is 5.56 Å². The first-order chi connectivity index (χ1) is 14.2. The Hall–Kier alpha value is -2.92. The lowest BCUT2D eigenvalue weighted by Gasteiger charge is -2.36. The van der Waals surface area contributed by atoms with E-state index in [4.69, 9.17) is 4.52 Å². The molecule has 3 aromatic rings. The van der Waals surface area contributed by atoms with Crippen molar-refractivity contribution < 1.29 is 9.32 Å². The molecule has 5 rings (SSSR count). The molecule has 1 saturated carbocycles. The number of amides is 1. The van der Waals surface area contributed by atoms with E-state index < -0.39 is 5.41 Å². The smallest absolute Gasteiger partial charge is 0.235 e. The largest absolute Gasteiger partial charge is 0.356 e. The maximum atomic E-state index is 13.3. The van der Waals surface area contributed by atoms with Gasteiger partial charge in [-0.3, -0.25) is 9.69 Å². The molecule has 1 aromatic heterocycles. The SMILES string of the molecule is O=C(N1CCN(Cc2ccccc2)CC1)C1(c2cc(-c3ccccc3)on2)CC1. The molecule has 0 radical (unpaired) electrons.